The number of carbonyl (C=O) groups excluding carboxylic acids is 1. The summed E-state index contributed by atoms with van der Waals surface area (Å²) in [4.78, 5) is 17.1. The number of aromatic nitrogens is 3. The molecule has 8 nitrogen and oxygen atoms in total. The van der Waals surface area contributed by atoms with E-state index in [1.165, 1.54) is 0 Å². The summed E-state index contributed by atoms with van der Waals surface area (Å²) >= 11 is 0. The van der Waals surface area contributed by atoms with Gasteiger partial charge in [-0.05, 0) is 61.4 Å². The number of benzene rings is 2. The minimum atomic E-state index is -0.137. The van der Waals surface area contributed by atoms with E-state index in [2.05, 4.69) is 15.5 Å². The molecule has 4 aromatic rings. The van der Waals surface area contributed by atoms with Crippen molar-refractivity contribution in [2.24, 2.45) is 0 Å². The van der Waals surface area contributed by atoms with Gasteiger partial charge in [-0.25, -0.2) is 0 Å². The summed E-state index contributed by atoms with van der Waals surface area (Å²) in [5.41, 5.74) is 4.40. The van der Waals surface area contributed by atoms with Gasteiger partial charge in [0.15, 0.2) is 11.5 Å². The van der Waals surface area contributed by atoms with Gasteiger partial charge < -0.3 is 23.9 Å². The fourth-order valence-electron chi connectivity index (χ4n) is 3.46. The number of hydrogen-bond acceptors (Lipinski definition) is 6. The molecule has 0 saturated heterocycles. The highest BCUT2D eigenvalue weighted by Gasteiger charge is 2.19. The molecule has 0 spiro atoms. The number of anilines is 1. The molecule has 3 heterocycles. The zero-order chi connectivity index (χ0) is 21.4. The van der Waals surface area contributed by atoms with E-state index in [9.17, 15) is 4.79 Å². The summed E-state index contributed by atoms with van der Waals surface area (Å²) in [7, 11) is 0. The second-order valence-corrected chi connectivity index (χ2v) is 7.31. The Morgan fingerprint density at radius 1 is 1.10 bits per heavy atom. The lowest BCUT2D eigenvalue weighted by Crippen LogP contribution is -2.19. The van der Waals surface area contributed by atoms with Crippen molar-refractivity contribution in [1.29, 1.82) is 0 Å². The smallest absolute Gasteiger partial charge is 0.274 e. The zero-order valence-corrected chi connectivity index (χ0v) is 17.1. The molecule has 0 aliphatic carbocycles. The monoisotopic (exact) mass is 416 g/mol. The van der Waals surface area contributed by atoms with Crippen molar-refractivity contribution in [2.75, 3.05) is 12.1 Å². The van der Waals surface area contributed by atoms with E-state index in [4.69, 9.17) is 14.0 Å². The SMILES string of the molecule is Cc1cccc(NC(=O)Cn2cccc2-c2nc(-c3ccc4c(c3)OCO4)no2)c1C. The zero-order valence-electron chi connectivity index (χ0n) is 17.1. The number of nitrogens with one attached hydrogen (secondary N) is 1. The molecule has 5 rings (SSSR count). The molecular weight excluding hydrogens is 396 g/mol. The predicted molar refractivity (Wildman–Crippen MR) is 114 cm³/mol. The van der Waals surface area contributed by atoms with Gasteiger partial charge in [0.25, 0.3) is 5.89 Å². The Bertz CT molecular complexity index is 1270. The van der Waals surface area contributed by atoms with E-state index in [1.807, 2.05) is 68.6 Å². The maximum absolute atomic E-state index is 12.6. The Balaban J connectivity index is 1.35. The molecule has 1 aliphatic heterocycles. The van der Waals surface area contributed by atoms with Crippen LogP contribution in [0.5, 0.6) is 11.5 Å². The van der Waals surface area contributed by atoms with Crippen LogP contribution in [0.15, 0.2) is 59.3 Å². The van der Waals surface area contributed by atoms with Crippen LogP contribution in [-0.4, -0.2) is 27.4 Å². The predicted octanol–water partition coefficient (Wildman–Crippen LogP) is 4.19. The van der Waals surface area contributed by atoms with E-state index in [0.29, 0.717) is 28.9 Å². The molecule has 1 amide bonds. The van der Waals surface area contributed by atoms with Crippen molar-refractivity contribution < 1.29 is 18.8 Å². The van der Waals surface area contributed by atoms with Gasteiger partial charge in [-0.1, -0.05) is 17.3 Å². The van der Waals surface area contributed by atoms with Crippen molar-refractivity contribution in [3.63, 3.8) is 0 Å². The molecule has 2 aromatic heterocycles. The maximum Gasteiger partial charge on any atom is 0.274 e. The molecule has 1 N–H and O–H groups in total. The lowest BCUT2D eigenvalue weighted by Gasteiger charge is -2.11. The average molecular weight is 416 g/mol. The van der Waals surface area contributed by atoms with Crippen LogP contribution < -0.4 is 14.8 Å². The fraction of sp³-hybridized carbons (Fsp3) is 0.174. The van der Waals surface area contributed by atoms with Gasteiger partial charge in [0.2, 0.25) is 18.5 Å². The fourth-order valence-corrected chi connectivity index (χ4v) is 3.46. The lowest BCUT2D eigenvalue weighted by atomic mass is 10.1. The second kappa shape index (κ2) is 7.64. The number of amides is 1. The van der Waals surface area contributed by atoms with Crippen molar-refractivity contribution in [1.82, 2.24) is 14.7 Å². The van der Waals surface area contributed by atoms with Crippen LogP contribution in [0.4, 0.5) is 5.69 Å². The summed E-state index contributed by atoms with van der Waals surface area (Å²) in [5, 5.41) is 7.05. The maximum atomic E-state index is 12.6. The van der Waals surface area contributed by atoms with Crippen molar-refractivity contribution in [2.45, 2.75) is 20.4 Å². The molecule has 0 radical (unpaired) electrons. The highest BCUT2D eigenvalue weighted by Crippen LogP contribution is 2.35. The molecule has 2 aromatic carbocycles. The third kappa shape index (κ3) is 3.63. The Labute approximate surface area is 178 Å². The number of hydrogen-bond donors (Lipinski definition) is 1. The third-order valence-corrected chi connectivity index (χ3v) is 5.30. The number of nitrogens with zero attached hydrogens (tertiary/aromatic N) is 3. The summed E-state index contributed by atoms with van der Waals surface area (Å²) in [5.74, 6) is 1.96. The first-order chi connectivity index (χ1) is 15.1. The molecule has 156 valence electrons. The van der Waals surface area contributed by atoms with E-state index >= 15 is 0 Å². The topological polar surface area (TPSA) is 91.4 Å². The second-order valence-electron chi connectivity index (χ2n) is 7.31. The summed E-state index contributed by atoms with van der Waals surface area (Å²) in [6.07, 6.45) is 1.81. The van der Waals surface area contributed by atoms with E-state index in [-0.39, 0.29) is 19.2 Å². The van der Waals surface area contributed by atoms with Crippen LogP contribution in [0.2, 0.25) is 0 Å². The molecule has 8 heteroatoms. The number of aryl methyl sites for hydroxylation is 1. The molecule has 0 saturated carbocycles. The van der Waals surface area contributed by atoms with Crippen LogP contribution in [-0.2, 0) is 11.3 Å². The van der Waals surface area contributed by atoms with Crippen LogP contribution in [0.1, 0.15) is 11.1 Å². The normalized spacial score (nSPS) is 12.2. The summed E-state index contributed by atoms with van der Waals surface area (Å²) in [6.45, 7) is 4.33. The molecule has 0 fully saturated rings. The highest BCUT2D eigenvalue weighted by molar-refractivity contribution is 5.91. The quantitative estimate of drug-likeness (QED) is 0.525. The van der Waals surface area contributed by atoms with Crippen molar-refractivity contribution in [3.8, 4) is 34.5 Å². The molecule has 0 atom stereocenters. The van der Waals surface area contributed by atoms with Crippen molar-refractivity contribution >= 4 is 11.6 Å². The third-order valence-electron chi connectivity index (χ3n) is 5.30. The van der Waals surface area contributed by atoms with Crippen molar-refractivity contribution in [3.05, 3.63) is 65.9 Å². The number of fused-ring (bicyclic) bond motifs is 1. The van der Waals surface area contributed by atoms with Crippen LogP contribution >= 0.6 is 0 Å². The van der Waals surface area contributed by atoms with E-state index in [1.54, 1.807) is 4.57 Å². The highest BCUT2D eigenvalue weighted by atomic mass is 16.7. The minimum Gasteiger partial charge on any atom is -0.454 e. The molecule has 0 bridgehead atoms. The number of carbonyl (C=O) groups is 1. The van der Waals surface area contributed by atoms with Crippen LogP contribution in [0.25, 0.3) is 23.0 Å². The van der Waals surface area contributed by atoms with Gasteiger partial charge in [-0.3, -0.25) is 4.79 Å². The largest absolute Gasteiger partial charge is 0.454 e. The van der Waals surface area contributed by atoms with Gasteiger partial charge in [0.1, 0.15) is 12.2 Å². The Kier molecular flexibility index (Phi) is 4.66. The molecular formula is C23H20N4O4. The molecule has 1 aliphatic rings. The Hall–Kier alpha value is -4.07. The number of ether oxygens (including phenoxy) is 2. The van der Waals surface area contributed by atoms with Gasteiger partial charge in [0.05, 0.1) is 0 Å². The first-order valence-corrected chi connectivity index (χ1v) is 9.84. The average Bonchev–Trinajstić information content (AvgIpc) is 3.50. The first kappa shape index (κ1) is 18.9. The summed E-state index contributed by atoms with van der Waals surface area (Å²) in [6, 6.07) is 15.0. The van der Waals surface area contributed by atoms with Crippen LogP contribution in [0, 0.1) is 13.8 Å². The molecule has 31 heavy (non-hydrogen) atoms. The Morgan fingerprint density at radius 2 is 1.97 bits per heavy atom. The van der Waals surface area contributed by atoms with E-state index in [0.717, 1.165) is 22.4 Å². The molecule has 0 unspecified atom stereocenters. The standard InChI is InChI=1S/C23H20N4O4/c1-14-5-3-6-17(15(14)2)24-21(28)12-27-10-4-7-18(27)23-25-22(26-31-23)16-8-9-19-20(11-16)30-13-29-19/h3-11H,12-13H2,1-2H3,(H,24,28). The van der Waals surface area contributed by atoms with Gasteiger partial charge in [0, 0.05) is 17.4 Å². The lowest BCUT2D eigenvalue weighted by molar-refractivity contribution is -0.116. The van der Waals surface area contributed by atoms with Gasteiger partial charge in [-0.2, -0.15) is 4.98 Å². The number of rotatable bonds is 5. The van der Waals surface area contributed by atoms with Gasteiger partial charge in [-0.15, -0.1) is 0 Å². The summed E-state index contributed by atoms with van der Waals surface area (Å²) < 4.78 is 18.0. The minimum absolute atomic E-state index is 0.122. The first-order valence-electron chi connectivity index (χ1n) is 9.84. The Morgan fingerprint density at radius 3 is 2.87 bits per heavy atom. The van der Waals surface area contributed by atoms with E-state index < -0.39 is 0 Å². The van der Waals surface area contributed by atoms with Crippen LogP contribution in [0.3, 0.4) is 0 Å². The van der Waals surface area contributed by atoms with Gasteiger partial charge >= 0.3 is 0 Å².